The Bertz CT molecular complexity index is 1150. The molecule has 0 aromatic heterocycles. The van der Waals surface area contributed by atoms with Gasteiger partial charge in [-0.1, -0.05) is 31.6 Å². The number of aromatic hydroxyl groups is 2. The van der Waals surface area contributed by atoms with Gasteiger partial charge in [-0.3, -0.25) is 0 Å². The van der Waals surface area contributed by atoms with Crippen LogP contribution in [-0.2, 0) is 14.2 Å². The molecule has 0 aliphatic carbocycles. The number of phenolic OH excluding ortho intramolecular Hbond substituents is 2. The third kappa shape index (κ3) is 6.52. The van der Waals surface area contributed by atoms with Crippen LogP contribution in [0.5, 0.6) is 23.0 Å². The summed E-state index contributed by atoms with van der Waals surface area (Å²) in [7, 11) is 1.43. The summed E-state index contributed by atoms with van der Waals surface area (Å²) in [5.74, 6) is -0.156. The first-order valence-corrected chi connectivity index (χ1v) is 13.4. The summed E-state index contributed by atoms with van der Waals surface area (Å²) in [6.07, 6.45) is -2.09. The quantitative estimate of drug-likeness (QED) is 0.209. The van der Waals surface area contributed by atoms with Gasteiger partial charge < -0.3 is 54.3 Å². The first-order valence-electron chi connectivity index (χ1n) is 13.4. The lowest BCUT2D eigenvalue weighted by Gasteiger charge is -2.40. The number of methoxy groups -OCH3 is 1. The number of phenols is 2. The van der Waals surface area contributed by atoms with Crippen molar-refractivity contribution in [1.82, 2.24) is 0 Å². The van der Waals surface area contributed by atoms with Gasteiger partial charge in [-0.25, -0.2) is 0 Å². The molecule has 1 fully saturated rings. The minimum atomic E-state index is -1.58. The normalized spacial score (nSPS) is 28.0. The van der Waals surface area contributed by atoms with Crippen LogP contribution in [0, 0.1) is 0 Å². The lowest BCUT2D eigenvalue weighted by Crippen LogP contribution is -2.59. The zero-order valence-corrected chi connectivity index (χ0v) is 22.6. The van der Waals surface area contributed by atoms with Crippen molar-refractivity contribution in [1.29, 1.82) is 0 Å². The first-order chi connectivity index (χ1) is 19.3. The fourth-order valence-corrected chi connectivity index (χ4v) is 4.86. The van der Waals surface area contributed by atoms with E-state index >= 15 is 0 Å². The predicted octanol–water partition coefficient (Wildman–Crippen LogP) is 1.97. The van der Waals surface area contributed by atoms with Gasteiger partial charge in [-0.15, -0.1) is 0 Å². The highest BCUT2D eigenvalue weighted by Gasteiger charge is 2.45. The molecule has 6 N–H and O–H groups in total. The molecule has 4 rings (SSSR count). The highest BCUT2D eigenvalue weighted by molar-refractivity contribution is 5.62. The van der Waals surface area contributed by atoms with E-state index in [1.54, 1.807) is 18.2 Å². The van der Waals surface area contributed by atoms with Crippen LogP contribution in [0.4, 0.5) is 0 Å². The second kappa shape index (κ2) is 13.6. The largest absolute Gasteiger partial charge is 0.504 e. The Labute approximate surface area is 232 Å². The van der Waals surface area contributed by atoms with Gasteiger partial charge >= 0.3 is 0 Å². The number of unbranched alkanes of at least 4 members (excludes halogenated alkanes) is 1. The van der Waals surface area contributed by atoms with E-state index in [9.17, 15) is 30.6 Å². The van der Waals surface area contributed by atoms with Crippen LogP contribution in [0.2, 0.25) is 0 Å². The van der Waals surface area contributed by atoms with Crippen molar-refractivity contribution >= 4 is 6.08 Å². The van der Waals surface area contributed by atoms with Gasteiger partial charge in [0.15, 0.2) is 29.3 Å². The molecule has 40 heavy (non-hydrogen) atoms. The van der Waals surface area contributed by atoms with Gasteiger partial charge in [-0.05, 0) is 41.8 Å². The molecule has 0 radical (unpaired) electrons. The first kappa shape index (κ1) is 30.1. The predicted molar refractivity (Wildman–Crippen MR) is 143 cm³/mol. The van der Waals surface area contributed by atoms with Crippen molar-refractivity contribution in [3.63, 3.8) is 0 Å². The summed E-state index contributed by atoms with van der Waals surface area (Å²) < 4.78 is 28.4. The van der Waals surface area contributed by atoms with E-state index in [-0.39, 0.29) is 29.6 Å². The summed E-state index contributed by atoms with van der Waals surface area (Å²) in [4.78, 5) is 0. The Morgan fingerprint density at radius 1 is 1.00 bits per heavy atom. The molecule has 11 nitrogen and oxygen atoms in total. The Morgan fingerprint density at radius 2 is 1.80 bits per heavy atom. The average molecular weight is 563 g/mol. The molecule has 2 heterocycles. The molecule has 0 bridgehead atoms. The molecule has 7 atom stereocenters. The third-order valence-electron chi connectivity index (χ3n) is 7.12. The van der Waals surface area contributed by atoms with E-state index in [1.165, 1.54) is 13.2 Å². The summed E-state index contributed by atoms with van der Waals surface area (Å²) in [5, 5.41) is 61.2. The molecular formula is C29H38O11. The Balaban J connectivity index is 1.61. The van der Waals surface area contributed by atoms with Crippen LogP contribution in [0.3, 0.4) is 0 Å². The van der Waals surface area contributed by atoms with Crippen molar-refractivity contribution in [2.45, 2.75) is 62.5 Å². The SMILES string of the molecule is CCCCOC/C=C/c1cc(O)c2c(c1)C(CO[C@@H]1O[C@H](CO)[C@@H](O)[C@H](O)[C@H]1O)C(c1ccc(O)c(OC)c1)O2. The Kier molecular flexibility index (Phi) is 10.3. The zero-order chi connectivity index (χ0) is 28.8. The number of hydrogen-bond acceptors (Lipinski definition) is 11. The van der Waals surface area contributed by atoms with E-state index in [0.717, 1.165) is 12.8 Å². The van der Waals surface area contributed by atoms with Gasteiger partial charge in [0.05, 0.1) is 32.8 Å². The van der Waals surface area contributed by atoms with E-state index < -0.39 is 49.3 Å². The van der Waals surface area contributed by atoms with Gasteiger partial charge in [0.25, 0.3) is 0 Å². The van der Waals surface area contributed by atoms with E-state index in [2.05, 4.69) is 6.92 Å². The molecule has 2 aliphatic heterocycles. The molecule has 0 amide bonds. The van der Waals surface area contributed by atoms with Crippen LogP contribution in [0.1, 0.15) is 48.5 Å². The van der Waals surface area contributed by atoms with Crippen LogP contribution >= 0.6 is 0 Å². The lowest BCUT2D eigenvalue weighted by molar-refractivity contribution is -0.302. The minimum absolute atomic E-state index is 0.0488. The second-order valence-corrected chi connectivity index (χ2v) is 9.90. The minimum Gasteiger partial charge on any atom is -0.504 e. The van der Waals surface area contributed by atoms with Crippen LogP contribution in [0.15, 0.2) is 36.4 Å². The van der Waals surface area contributed by atoms with Crippen molar-refractivity contribution < 1.29 is 54.3 Å². The van der Waals surface area contributed by atoms with Crippen LogP contribution in [-0.4, -0.2) is 94.9 Å². The molecule has 2 unspecified atom stereocenters. The average Bonchev–Trinajstić information content (AvgIpc) is 3.32. The summed E-state index contributed by atoms with van der Waals surface area (Å²) in [6.45, 7) is 2.51. The van der Waals surface area contributed by atoms with Gasteiger partial charge in [-0.2, -0.15) is 0 Å². The highest BCUT2D eigenvalue weighted by atomic mass is 16.7. The number of benzene rings is 2. The van der Waals surface area contributed by atoms with Gasteiger partial charge in [0.1, 0.15) is 30.5 Å². The second-order valence-electron chi connectivity index (χ2n) is 9.90. The van der Waals surface area contributed by atoms with E-state index in [1.807, 2.05) is 18.2 Å². The number of fused-ring (bicyclic) bond motifs is 1. The number of rotatable bonds is 12. The number of aliphatic hydroxyl groups is 4. The third-order valence-corrected chi connectivity index (χ3v) is 7.12. The van der Waals surface area contributed by atoms with Crippen LogP contribution < -0.4 is 9.47 Å². The van der Waals surface area contributed by atoms with Gasteiger partial charge in [0, 0.05) is 12.2 Å². The van der Waals surface area contributed by atoms with Crippen molar-refractivity contribution in [2.24, 2.45) is 0 Å². The summed E-state index contributed by atoms with van der Waals surface area (Å²) >= 11 is 0. The molecule has 220 valence electrons. The maximum atomic E-state index is 10.9. The van der Waals surface area contributed by atoms with E-state index in [0.29, 0.717) is 29.9 Å². The van der Waals surface area contributed by atoms with Crippen molar-refractivity contribution in [3.8, 4) is 23.0 Å². The Morgan fingerprint density at radius 3 is 2.52 bits per heavy atom. The molecule has 2 aromatic carbocycles. The Hall–Kier alpha value is -2.90. The molecule has 0 spiro atoms. The molecule has 1 saturated heterocycles. The fraction of sp³-hybridized carbons (Fsp3) is 0.517. The fourth-order valence-electron chi connectivity index (χ4n) is 4.86. The smallest absolute Gasteiger partial charge is 0.186 e. The zero-order valence-electron chi connectivity index (χ0n) is 22.6. The summed E-state index contributed by atoms with van der Waals surface area (Å²) in [5.41, 5.74) is 1.97. The monoisotopic (exact) mass is 562 g/mol. The van der Waals surface area contributed by atoms with Gasteiger partial charge in [0.2, 0.25) is 0 Å². The molecule has 2 aromatic rings. The van der Waals surface area contributed by atoms with Crippen molar-refractivity contribution in [3.05, 3.63) is 53.1 Å². The summed E-state index contributed by atoms with van der Waals surface area (Å²) in [6, 6.07) is 8.20. The number of hydrogen-bond donors (Lipinski definition) is 6. The van der Waals surface area contributed by atoms with Crippen molar-refractivity contribution in [2.75, 3.05) is 33.5 Å². The maximum Gasteiger partial charge on any atom is 0.186 e. The molecule has 11 heteroatoms. The highest BCUT2D eigenvalue weighted by Crippen LogP contribution is 2.51. The van der Waals surface area contributed by atoms with Crippen LogP contribution in [0.25, 0.3) is 6.08 Å². The standard InChI is InChI=1S/C29H38O11/c1-3-4-9-37-10-5-6-16-11-18-19(15-38-29-26(35)25(34)24(33)23(14-30)39-29)27(40-28(18)21(32)12-16)17-7-8-20(31)22(13-17)36-2/h5-8,11-13,19,23-27,29-35H,3-4,9-10,14-15H2,1-2H3/b6-5+/t19?,23-,24-,25+,26-,27?,29-/m1/s1. The topological polar surface area (TPSA) is 168 Å². The van der Waals surface area contributed by atoms with E-state index in [4.69, 9.17) is 23.7 Å². The molecular weight excluding hydrogens is 524 g/mol. The number of aliphatic hydroxyl groups excluding tert-OH is 4. The lowest BCUT2D eigenvalue weighted by atomic mass is 9.90. The molecule has 2 aliphatic rings. The molecule has 0 saturated carbocycles. The maximum absolute atomic E-state index is 10.9. The number of ether oxygens (including phenoxy) is 5.